The van der Waals surface area contributed by atoms with Crippen LogP contribution >= 0.6 is 11.6 Å². The number of halogens is 4. The number of hydrogen-bond donors (Lipinski definition) is 1. The Bertz CT molecular complexity index is 366. The highest BCUT2D eigenvalue weighted by Gasteiger charge is 2.32. The molecule has 0 bridgehead atoms. The fourth-order valence-corrected chi connectivity index (χ4v) is 1.40. The molecular formula is C10H10ClF3O2. The van der Waals surface area contributed by atoms with Crippen LogP contribution in [-0.4, -0.2) is 11.5 Å². The molecule has 1 rings (SSSR count). The van der Waals surface area contributed by atoms with Crippen molar-refractivity contribution in [3.63, 3.8) is 0 Å². The standard InChI is InChI=1S/C10H10ClF3O2/c1-2-8(15)6-3-4-9(7(11)5-6)16-10(12,13)14/h3-5,8,15H,2H2,1H3/t8-/m1/s1. The molecule has 0 saturated heterocycles. The molecular weight excluding hydrogens is 245 g/mol. The lowest BCUT2D eigenvalue weighted by Crippen LogP contribution is -2.17. The lowest BCUT2D eigenvalue weighted by Gasteiger charge is -2.13. The lowest BCUT2D eigenvalue weighted by atomic mass is 10.1. The third-order valence-corrected chi connectivity index (χ3v) is 2.25. The molecule has 0 aliphatic heterocycles. The molecule has 90 valence electrons. The zero-order valence-electron chi connectivity index (χ0n) is 8.38. The molecule has 0 spiro atoms. The summed E-state index contributed by atoms with van der Waals surface area (Å²) in [5.41, 5.74) is 0.460. The van der Waals surface area contributed by atoms with Crippen LogP contribution in [0.25, 0.3) is 0 Å². The number of aliphatic hydroxyl groups excluding tert-OH is 1. The summed E-state index contributed by atoms with van der Waals surface area (Å²) < 4.78 is 39.4. The van der Waals surface area contributed by atoms with Gasteiger partial charge in [-0.2, -0.15) is 0 Å². The number of rotatable bonds is 3. The van der Waals surface area contributed by atoms with Crippen LogP contribution in [0.2, 0.25) is 5.02 Å². The summed E-state index contributed by atoms with van der Waals surface area (Å²) in [5, 5.41) is 9.28. The van der Waals surface area contributed by atoms with Gasteiger partial charge in [-0.15, -0.1) is 13.2 Å². The van der Waals surface area contributed by atoms with Crippen molar-refractivity contribution in [1.82, 2.24) is 0 Å². The van der Waals surface area contributed by atoms with Crippen molar-refractivity contribution >= 4 is 11.6 Å². The molecule has 0 radical (unpaired) electrons. The molecule has 1 aromatic rings. The first-order valence-corrected chi connectivity index (χ1v) is 4.94. The number of alkyl halides is 3. The summed E-state index contributed by atoms with van der Waals surface area (Å²) in [6.07, 6.45) is -5.05. The summed E-state index contributed by atoms with van der Waals surface area (Å²) in [7, 11) is 0. The highest BCUT2D eigenvalue weighted by molar-refractivity contribution is 6.32. The van der Waals surface area contributed by atoms with E-state index < -0.39 is 18.2 Å². The Kier molecular flexibility index (Phi) is 4.04. The zero-order valence-corrected chi connectivity index (χ0v) is 9.14. The summed E-state index contributed by atoms with van der Waals surface area (Å²) in [5.74, 6) is -0.471. The van der Waals surface area contributed by atoms with E-state index in [0.717, 1.165) is 6.07 Å². The maximum atomic E-state index is 11.9. The van der Waals surface area contributed by atoms with E-state index in [0.29, 0.717) is 12.0 Å². The third-order valence-electron chi connectivity index (χ3n) is 1.95. The van der Waals surface area contributed by atoms with Gasteiger partial charge in [-0.1, -0.05) is 24.6 Å². The molecule has 1 atom stereocenters. The van der Waals surface area contributed by atoms with Gasteiger partial charge in [0, 0.05) is 0 Å². The highest BCUT2D eigenvalue weighted by atomic mass is 35.5. The Balaban J connectivity index is 2.92. The fourth-order valence-electron chi connectivity index (χ4n) is 1.17. The topological polar surface area (TPSA) is 29.5 Å². The first-order valence-electron chi connectivity index (χ1n) is 4.56. The van der Waals surface area contributed by atoms with Crippen molar-refractivity contribution in [1.29, 1.82) is 0 Å². The molecule has 0 aromatic heterocycles. The first kappa shape index (κ1) is 13.1. The average Bonchev–Trinajstić information content (AvgIpc) is 2.18. The quantitative estimate of drug-likeness (QED) is 0.892. The molecule has 0 heterocycles. The molecule has 0 amide bonds. The molecule has 0 fully saturated rings. The SMILES string of the molecule is CC[C@@H](O)c1ccc(OC(F)(F)F)c(Cl)c1. The maximum absolute atomic E-state index is 11.9. The Morgan fingerprint density at radius 2 is 2.06 bits per heavy atom. The molecule has 16 heavy (non-hydrogen) atoms. The number of hydrogen-bond acceptors (Lipinski definition) is 2. The Morgan fingerprint density at radius 1 is 1.44 bits per heavy atom. The van der Waals surface area contributed by atoms with E-state index in [1.54, 1.807) is 6.92 Å². The van der Waals surface area contributed by atoms with Gasteiger partial charge in [0.15, 0.2) is 0 Å². The normalized spacial score (nSPS) is 13.6. The summed E-state index contributed by atoms with van der Waals surface area (Å²) in [4.78, 5) is 0. The van der Waals surface area contributed by atoms with Crippen molar-refractivity contribution in [2.75, 3.05) is 0 Å². The molecule has 6 heteroatoms. The maximum Gasteiger partial charge on any atom is 0.573 e. The summed E-state index contributed by atoms with van der Waals surface area (Å²) in [6, 6.07) is 3.70. The van der Waals surface area contributed by atoms with Gasteiger partial charge < -0.3 is 9.84 Å². The Labute approximate surface area is 95.6 Å². The van der Waals surface area contributed by atoms with Crippen LogP contribution in [-0.2, 0) is 0 Å². The van der Waals surface area contributed by atoms with Crippen molar-refractivity contribution < 1.29 is 23.0 Å². The molecule has 2 nitrogen and oxygen atoms in total. The minimum atomic E-state index is -4.77. The lowest BCUT2D eigenvalue weighted by molar-refractivity contribution is -0.274. The van der Waals surface area contributed by atoms with Gasteiger partial charge in [0.25, 0.3) is 0 Å². The fraction of sp³-hybridized carbons (Fsp3) is 0.400. The van der Waals surface area contributed by atoms with E-state index >= 15 is 0 Å². The second-order valence-electron chi connectivity index (χ2n) is 3.16. The largest absolute Gasteiger partial charge is 0.573 e. The summed E-state index contributed by atoms with van der Waals surface area (Å²) >= 11 is 5.60. The number of ether oxygens (including phenoxy) is 1. The van der Waals surface area contributed by atoms with Gasteiger partial charge in [0.2, 0.25) is 0 Å². The van der Waals surface area contributed by atoms with E-state index in [-0.39, 0.29) is 5.02 Å². The van der Waals surface area contributed by atoms with E-state index in [9.17, 15) is 18.3 Å². The predicted molar refractivity (Wildman–Crippen MR) is 53.4 cm³/mol. The first-order chi connectivity index (χ1) is 7.33. The molecule has 1 N–H and O–H groups in total. The van der Waals surface area contributed by atoms with E-state index in [1.165, 1.54) is 12.1 Å². The van der Waals surface area contributed by atoms with Crippen LogP contribution in [0.3, 0.4) is 0 Å². The zero-order chi connectivity index (χ0) is 12.3. The van der Waals surface area contributed by atoms with E-state index in [2.05, 4.69) is 4.74 Å². The third kappa shape index (κ3) is 3.57. The highest BCUT2D eigenvalue weighted by Crippen LogP contribution is 2.32. The smallest absolute Gasteiger partial charge is 0.404 e. The Morgan fingerprint density at radius 3 is 2.50 bits per heavy atom. The Hall–Kier alpha value is -0.940. The van der Waals surface area contributed by atoms with E-state index in [4.69, 9.17) is 11.6 Å². The van der Waals surface area contributed by atoms with E-state index in [1.807, 2.05) is 0 Å². The number of benzene rings is 1. The van der Waals surface area contributed by atoms with Crippen LogP contribution < -0.4 is 4.74 Å². The molecule has 0 unspecified atom stereocenters. The van der Waals surface area contributed by atoms with Crippen molar-refractivity contribution in [2.45, 2.75) is 25.8 Å². The monoisotopic (exact) mass is 254 g/mol. The van der Waals surface area contributed by atoms with Gasteiger partial charge in [-0.25, -0.2) is 0 Å². The number of aliphatic hydroxyl groups is 1. The van der Waals surface area contributed by atoms with Gasteiger partial charge in [0.1, 0.15) is 5.75 Å². The van der Waals surface area contributed by atoms with Crippen LogP contribution in [0.5, 0.6) is 5.75 Å². The van der Waals surface area contributed by atoms with Gasteiger partial charge >= 0.3 is 6.36 Å². The van der Waals surface area contributed by atoms with Crippen LogP contribution in [0, 0.1) is 0 Å². The van der Waals surface area contributed by atoms with Crippen LogP contribution in [0.1, 0.15) is 25.0 Å². The molecule has 0 aliphatic carbocycles. The van der Waals surface area contributed by atoms with Crippen molar-refractivity contribution in [3.05, 3.63) is 28.8 Å². The minimum absolute atomic E-state index is 0.178. The predicted octanol–water partition coefficient (Wildman–Crippen LogP) is 3.68. The van der Waals surface area contributed by atoms with Crippen molar-refractivity contribution in [2.24, 2.45) is 0 Å². The second kappa shape index (κ2) is 4.93. The van der Waals surface area contributed by atoms with Crippen molar-refractivity contribution in [3.8, 4) is 5.75 Å². The average molecular weight is 255 g/mol. The summed E-state index contributed by atoms with van der Waals surface area (Å²) in [6.45, 7) is 1.75. The van der Waals surface area contributed by atoms with Gasteiger partial charge in [-0.3, -0.25) is 0 Å². The van der Waals surface area contributed by atoms with Crippen LogP contribution in [0.15, 0.2) is 18.2 Å². The van der Waals surface area contributed by atoms with Gasteiger partial charge in [-0.05, 0) is 24.1 Å². The molecule has 0 saturated carbocycles. The van der Waals surface area contributed by atoms with Crippen LogP contribution in [0.4, 0.5) is 13.2 Å². The minimum Gasteiger partial charge on any atom is -0.404 e. The second-order valence-corrected chi connectivity index (χ2v) is 3.57. The molecule has 0 aliphatic rings. The van der Waals surface area contributed by atoms with Gasteiger partial charge in [0.05, 0.1) is 11.1 Å². The molecule has 1 aromatic carbocycles.